The highest BCUT2D eigenvalue weighted by molar-refractivity contribution is 5.82. The van der Waals surface area contributed by atoms with Crippen molar-refractivity contribution in [2.24, 2.45) is 5.92 Å². The van der Waals surface area contributed by atoms with Crippen LogP contribution in [0, 0.1) is 5.92 Å². The summed E-state index contributed by atoms with van der Waals surface area (Å²) < 4.78 is 13.6. The van der Waals surface area contributed by atoms with Crippen molar-refractivity contribution >= 4 is 17.4 Å². The standard InChI is InChI=1S/C30H31N3O3/c1-35-26-18-21(15-16-25(26)36-30(34)24-19-23(24)20-10-4-2-5-11-20)28-29(31-22-12-6-3-7-13-22)33-17-9-8-14-27(33)32-28/h2,4-5,8-11,14-18,22-24,31H,3,6-7,12-13,19H2,1H3. The SMILES string of the molecule is COc1cc(-c2nc3ccccn3c2NC2CCCCC2)ccc1OC(=O)C1CC1c1ccccc1. The van der Waals surface area contributed by atoms with Crippen LogP contribution in [0.3, 0.4) is 0 Å². The maximum Gasteiger partial charge on any atom is 0.315 e. The Hall–Kier alpha value is -3.80. The van der Waals surface area contributed by atoms with Crippen LogP contribution in [0.25, 0.3) is 16.9 Å². The fourth-order valence-electron chi connectivity index (χ4n) is 5.38. The van der Waals surface area contributed by atoms with Gasteiger partial charge in [0.15, 0.2) is 11.5 Å². The van der Waals surface area contributed by atoms with Crippen molar-refractivity contribution in [2.45, 2.75) is 50.5 Å². The predicted octanol–water partition coefficient (Wildman–Crippen LogP) is 6.46. The summed E-state index contributed by atoms with van der Waals surface area (Å²) >= 11 is 0. The molecule has 2 aromatic carbocycles. The summed E-state index contributed by atoms with van der Waals surface area (Å²) in [5, 5.41) is 3.77. The molecular weight excluding hydrogens is 450 g/mol. The second-order valence-corrected chi connectivity index (χ2v) is 9.86. The lowest BCUT2D eigenvalue weighted by molar-refractivity contribution is -0.136. The summed E-state index contributed by atoms with van der Waals surface area (Å²) in [6, 6.07) is 22.3. The van der Waals surface area contributed by atoms with Gasteiger partial charge in [-0.3, -0.25) is 9.20 Å². The number of hydrogen-bond donors (Lipinski definition) is 1. The smallest absolute Gasteiger partial charge is 0.315 e. The summed E-state index contributed by atoms with van der Waals surface area (Å²) in [6.45, 7) is 0. The maximum absolute atomic E-state index is 12.9. The number of benzene rings is 2. The van der Waals surface area contributed by atoms with E-state index in [0.717, 1.165) is 29.1 Å². The van der Waals surface area contributed by atoms with E-state index in [2.05, 4.69) is 21.9 Å². The lowest BCUT2D eigenvalue weighted by Gasteiger charge is -2.24. The Kier molecular flexibility index (Phi) is 6.09. The van der Waals surface area contributed by atoms with Crippen LogP contribution in [0.5, 0.6) is 11.5 Å². The molecule has 2 aliphatic carbocycles. The second-order valence-electron chi connectivity index (χ2n) is 9.86. The number of nitrogens with zero attached hydrogens (tertiary/aromatic N) is 2. The van der Waals surface area contributed by atoms with Crippen molar-refractivity contribution in [2.75, 3.05) is 12.4 Å². The monoisotopic (exact) mass is 481 g/mol. The van der Waals surface area contributed by atoms with Crippen LogP contribution in [-0.4, -0.2) is 28.5 Å². The zero-order valence-corrected chi connectivity index (χ0v) is 20.5. The molecule has 6 rings (SSSR count). The number of pyridine rings is 1. The van der Waals surface area contributed by atoms with Gasteiger partial charge in [0, 0.05) is 17.8 Å². The summed E-state index contributed by atoms with van der Waals surface area (Å²) in [7, 11) is 1.60. The lowest BCUT2D eigenvalue weighted by Crippen LogP contribution is -2.23. The fraction of sp³-hybridized carbons (Fsp3) is 0.333. The van der Waals surface area contributed by atoms with E-state index in [1.54, 1.807) is 7.11 Å². The molecule has 6 heteroatoms. The Morgan fingerprint density at radius 1 is 0.972 bits per heavy atom. The average Bonchev–Trinajstić information content (AvgIpc) is 3.66. The predicted molar refractivity (Wildman–Crippen MR) is 141 cm³/mol. The molecule has 2 aliphatic rings. The molecule has 0 aliphatic heterocycles. The summed E-state index contributed by atoms with van der Waals surface area (Å²) in [4.78, 5) is 17.8. The van der Waals surface area contributed by atoms with Crippen molar-refractivity contribution < 1.29 is 14.3 Å². The van der Waals surface area contributed by atoms with Gasteiger partial charge in [0.25, 0.3) is 0 Å². The largest absolute Gasteiger partial charge is 0.493 e. The molecule has 1 N–H and O–H groups in total. The zero-order chi connectivity index (χ0) is 24.5. The van der Waals surface area contributed by atoms with Crippen molar-refractivity contribution in [1.82, 2.24) is 9.38 Å². The number of rotatable bonds is 7. The van der Waals surface area contributed by atoms with E-state index in [0.29, 0.717) is 17.5 Å². The molecular formula is C30H31N3O3. The molecule has 36 heavy (non-hydrogen) atoms. The third kappa shape index (κ3) is 4.43. The van der Waals surface area contributed by atoms with Gasteiger partial charge in [-0.15, -0.1) is 0 Å². The first kappa shape index (κ1) is 22.7. The van der Waals surface area contributed by atoms with E-state index in [1.807, 2.05) is 60.8 Å². The number of anilines is 1. The van der Waals surface area contributed by atoms with Gasteiger partial charge in [0.05, 0.1) is 13.0 Å². The summed E-state index contributed by atoms with van der Waals surface area (Å²) in [5.41, 5.74) is 3.86. The number of ether oxygens (including phenoxy) is 2. The first-order valence-corrected chi connectivity index (χ1v) is 12.9. The third-order valence-corrected chi connectivity index (χ3v) is 7.44. The number of fused-ring (bicyclic) bond motifs is 1. The van der Waals surface area contributed by atoms with Crippen LogP contribution in [0.2, 0.25) is 0 Å². The Morgan fingerprint density at radius 2 is 1.78 bits per heavy atom. The van der Waals surface area contributed by atoms with Gasteiger partial charge in [-0.2, -0.15) is 0 Å². The molecule has 2 atom stereocenters. The minimum Gasteiger partial charge on any atom is -0.493 e. The molecule has 0 saturated heterocycles. The number of hydrogen-bond acceptors (Lipinski definition) is 5. The van der Waals surface area contributed by atoms with Crippen LogP contribution in [-0.2, 0) is 4.79 Å². The molecule has 2 heterocycles. The third-order valence-electron chi connectivity index (χ3n) is 7.44. The maximum atomic E-state index is 12.9. The molecule has 6 nitrogen and oxygen atoms in total. The van der Waals surface area contributed by atoms with Gasteiger partial charge in [0.2, 0.25) is 0 Å². The molecule has 0 spiro atoms. The highest BCUT2D eigenvalue weighted by Gasteiger charge is 2.45. The van der Waals surface area contributed by atoms with E-state index in [9.17, 15) is 4.79 Å². The van der Waals surface area contributed by atoms with Crippen LogP contribution in [0.15, 0.2) is 72.9 Å². The Bertz CT molecular complexity index is 1370. The van der Waals surface area contributed by atoms with E-state index >= 15 is 0 Å². The number of imidazole rings is 1. The molecule has 184 valence electrons. The molecule has 2 fully saturated rings. The van der Waals surface area contributed by atoms with Gasteiger partial charge in [-0.1, -0.05) is 55.7 Å². The fourth-order valence-corrected chi connectivity index (χ4v) is 5.38. The van der Waals surface area contributed by atoms with E-state index in [1.165, 1.54) is 37.7 Å². The Labute approximate surface area is 211 Å². The van der Waals surface area contributed by atoms with Gasteiger partial charge in [-0.25, -0.2) is 4.98 Å². The van der Waals surface area contributed by atoms with Gasteiger partial charge < -0.3 is 14.8 Å². The number of methoxy groups -OCH3 is 1. The number of aromatic nitrogens is 2. The van der Waals surface area contributed by atoms with Crippen molar-refractivity contribution in [3.63, 3.8) is 0 Å². The van der Waals surface area contributed by atoms with Crippen molar-refractivity contribution in [3.8, 4) is 22.8 Å². The minimum absolute atomic E-state index is 0.110. The first-order valence-electron chi connectivity index (χ1n) is 12.9. The van der Waals surface area contributed by atoms with Gasteiger partial charge in [0.1, 0.15) is 17.2 Å². The lowest BCUT2D eigenvalue weighted by atomic mass is 9.95. The van der Waals surface area contributed by atoms with Crippen LogP contribution in [0.1, 0.15) is 50.0 Å². The van der Waals surface area contributed by atoms with E-state index in [-0.39, 0.29) is 17.8 Å². The molecule has 4 aromatic rings. The molecule has 0 radical (unpaired) electrons. The molecule has 2 aromatic heterocycles. The van der Waals surface area contributed by atoms with Crippen LogP contribution >= 0.6 is 0 Å². The average molecular weight is 482 g/mol. The zero-order valence-electron chi connectivity index (χ0n) is 20.5. The number of nitrogens with one attached hydrogen (secondary N) is 1. The quantitative estimate of drug-likeness (QED) is 0.242. The first-order chi connectivity index (χ1) is 17.7. The second kappa shape index (κ2) is 9.69. The summed E-state index contributed by atoms with van der Waals surface area (Å²) in [6.07, 6.45) is 9.02. The minimum atomic E-state index is -0.206. The van der Waals surface area contributed by atoms with Crippen LogP contribution in [0.4, 0.5) is 5.82 Å². The highest BCUT2D eigenvalue weighted by atomic mass is 16.6. The number of carbonyl (C=O) groups is 1. The Balaban J connectivity index is 1.26. The van der Waals surface area contributed by atoms with Crippen molar-refractivity contribution in [3.05, 3.63) is 78.5 Å². The summed E-state index contributed by atoms with van der Waals surface area (Å²) in [5.74, 6) is 1.88. The molecule has 0 bridgehead atoms. The Morgan fingerprint density at radius 3 is 2.58 bits per heavy atom. The number of carbonyl (C=O) groups excluding carboxylic acids is 1. The normalized spacial score (nSPS) is 19.7. The number of esters is 1. The van der Waals surface area contributed by atoms with Gasteiger partial charge in [-0.05, 0) is 61.1 Å². The molecule has 2 unspecified atom stereocenters. The topological polar surface area (TPSA) is 64.9 Å². The van der Waals surface area contributed by atoms with Crippen molar-refractivity contribution in [1.29, 1.82) is 0 Å². The van der Waals surface area contributed by atoms with E-state index in [4.69, 9.17) is 14.5 Å². The van der Waals surface area contributed by atoms with E-state index < -0.39 is 0 Å². The van der Waals surface area contributed by atoms with Crippen LogP contribution < -0.4 is 14.8 Å². The highest BCUT2D eigenvalue weighted by Crippen LogP contribution is 2.48. The molecule has 2 saturated carbocycles. The van der Waals surface area contributed by atoms with Gasteiger partial charge >= 0.3 is 5.97 Å². The molecule has 0 amide bonds.